The van der Waals surface area contributed by atoms with E-state index >= 15 is 0 Å². The number of amides is 1. The van der Waals surface area contributed by atoms with Gasteiger partial charge in [0.25, 0.3) is 0 Å². The molecule has 0 fully saturated rings. The van der Waals surface area contributed by atoms with Gasteiger partial charge in [-0.3, -0.25) is 9.59 Å². The number of nitrogens with one attached hydrogen (secondary N) is 2. The highest BCUT2D eigenvalue weighted by atomic mass is 32.1. The van der Waals surface area contributed by atoms with E-state index in [0.29, 0.717) is 30.4 Å². The fraction of sp³-hybridized carbons (Fsp3) is 0.545. The quantitative estimate of drug-likeness (QED) is 0.717. The molecule has 1 aromatic rings. The SMILES string of the molecule is CCOC(=O)Cc1csc(NC(=O)CCNC)n1. The summed E-state index contributed by atoms with van der Waals surface area (Å²) in [5.41, 5.74) is 0.613. The van der Waals surface area contributed by atoms with E-state index in [1.54, 1.807) is 19.4 Å². The van der Waals surface area contributed by atoms with E-state index in [1.165, 1.54) is 11.3 Å². The van der Waals surface area contributed by atoms with Crippen molar-refractivity contribution in [2.45, 2.75) is 19.8 Å². The smallest absolute Gasteiger partial charge is 0.311 e. The number of aromatic nitrogens is 1. The second-order valence-electron chi connectivity index (χ2n) is 3.53. The lowest BCUT2D eigenvalue weighted by Crippen LogP contribution is -2.18. The fourth-order valence-corrected chi connectivity index (χ4v) is 1.95. The largest absolute Gasteiger partial charge is 0.466 e. The Morgan fingerprint density at radius 1 is 1.50 bits per heavy atom. The van der Waals surface area contributed by atoms with E-state index in [4.69, 9.17) is 4.74 Å². The van der Waals surface area contributed by atoms with Gasteiger partial charge in [-0.05, 0) is 14.0 Å². The molecule has 100 valence electrons. The predicted molar refractivity (Wildman–Crippen MR) is 69.6 cm³/mol. The van der Waals surface area contributed by atoms with Crippen LogP contribution in [0, 0.1) is 0 Å². The van der Waals surface area contributed by atoms with E-state index in [1.807, 2.05) is 0 Å². The number of hydrogen-bond donors (Lipinski definition) is 2. The number of carbonyl (C=O) groups excluding carboxylic acids is 2. The van der Waals surface area contributed by atoms with Crippen LogP contribution in [-0.4, -0.2) is 37.1 Å². The fourth-order valence-electron chi connectivity index (χ4n) is 1.23. The lowest BCUT2D eigenvalue weighted by molar-refractivity contribution is -0.142. The van der Waals surface area contributed by atoms with Crippen molar-refractivity contribution in [1.82, 2.24) is 10.3 Å². The van der Waals surface area contributed by atoms with Crippen molar-refractivity contribution in [2.24, 2.45) is 0 Å². The maximum absolute atomic E-state index is 11.4. The molecule has 18 heavy (non-hydrogen) atoms. The highest BCUT2D eigenvalue weighted by Crippen LogP contribution is 2.16. The van der Waals surface area contributed by atoms with Crippen LogP contribution in [0.1, 0.15) is 19.0 Å². The normalized spacial score (nSPS) is 10.1. The summed E-state index contributed by atoms with van der Waals surface area (Å²) in [4.78, 5) is 26.8. The third-order valence-corrected chi connectivity index (χ3v) is 2.84. The van der Waals surface area contributed by atoms with Crippen molar-refractivity contribution in [3.05, 3.63) is 11.1 Å². The molecule has 0 aliphatic carbocycles. The van der Waals surface area contributed by atoms with Gasteiger partial charge in [0.15, 0.2) is 5.13 Å². The number of carbonyl (C=O) groups is 2. The lowest BCUT2D eigenvalue weighted by atomic mass is 10.3. The molecule has 0 unspecified atom stereocenters. The van der Waals surface area contributed by atoms with Crippen molar-refractivity contribution in [1.29, 1.82) is 0 Å². The molecule has 7 heteroatoms. The van der Waals surface area contributed by atoms with Gasteiger partial charge in [-0.1, -0.05) is 0 Å². The standard InChI is InChI=1S/C11H17N3O3S/c1-3-17-10(16)6-8-7-18-11(13-8)14-9(15)4-5-12-2/h7,12H,3-6H2,1-2H3,(H,13,14,15). The van der Waals surface area contributed by atoms with Crippen LogP contribution in [0.2, 0.25) is 0 Å². The Morgan fingerprint density at radius 3 is 2.94 bits per heavy atom. The van der Waals surface area contributed by atoms with E-state index in [9.17, 15) is 9.59 Å². The van der Waals surface area contributed by atoms with Gasteiger partial charge < -0.3 is 15.4 Å². The van der Waals surface area contributed by atoms with Gasteiger partial charge in [-0.2, -0.15) is 0 Å². The molecule has 6 nitrogen and oxygen atoms in total. The first-order valence-electron chi connectivity index (χ1n) is 5.70. The number of esters is 1. The minimum absolute atomic E-state index is 0.0959. The Balaban J connectivity index is 2.43. The molecular formula is C11H17N3O3S. The van der Waals surface area contributed by atoms with Gasteiger partial charge in [-0.25, -0.2) is 4.98 Å². The number of ether oxygens (including phenoxy) is 1. The molecular weight excluding hydrogens is 254 g/mol. The van der Waals surface area contributed by atoms with Gasteiger partial charge in [0, 0.05) is 18.3 Å². The van der Waals surface area contributed by atoms with E-state index in [2.05, 4.69) is 15.6 Å². The van der Waals surface area contributed by atoms with Crippen LogP contribution in [0.15, 0.2) is 5.38 Å². The number of anilines is 1. The third-order valence-electron chi connectivity index (χ3n) is 2.03. The Labute approximate surface area is 110 Å². The van der Waals surface area contributed by atoms with Crippen molar-refractivity contribution in [3.63, 3.8) is 0 Å². The molecule has 0 saturated carbocycles. The second-order valence-corrected chi connectivity index (χ2v) is 4.39. The Kier molecular flexibility index (Phi) is 6.31. The molecule has 1 aromatic heterocycles. The minimum Gasteiger partial charge on any atom is -0.466 e. The number of rotatable bonds is 7. The molecule has 0 aliphatic rings. The van der Waals surface area contributed by atoms with Crippen LogP contribution in [0.3, 0.4) is 0 Å². The Morgan fingerprint density at radius 2 is 2.28 bits per heavy atom. The second kappa shape index (κ2) is 7.78. The van der Waals surface area contributed by atoms with Crippen LogP contribution in [0.5, 0.6) is 0 Å². The minimum atomic E-state index is -0.309. The van der Waals surface area contributed by atoms with Crippen molar-refractivity contribution in [2.75, 3.05) is 25.5 Å². The summed E-state index contributed by atoms with van der Waals surface area (Å²) in [5.74, 6) is -0.405. The molecule has 0 saturated heterocycles. The highest BCUT2D eigenvalue weighted by Gasteiger charge is 2.10. The maximum Gasteiger partial charge on any atom is 0.311 e. The first-order valence-corrected chi connectivity index (χ1v) is 6.58. The Bertz CT molecular complexity index is 406. The summed E-state index contributed by atoms with van der Waals surface area (Å²) in [6, 6.07) is 0. The average Bonchev–Trinajstić information content (AvgIpc) is 2.74. The van der Waals surface area contributed by atoms with Crippen LogP contribution in [0.4, 0.5) is 5.13 Å². The average molecular weight is 271 g/mol. The maximum atomic E-state index is 11.4. The van der Waals surface area contributed by atoms with Gasteiger partial charge in [0.2, 0.25) is 5.91 Å². The molecule has 0 aliphatic heterocycles. The number of nitrogens with zero attached hydrogens (tertiary/aromatic N) is 1. The van der Waals surface area contributed by atoms with Crippen molar-refractivity contribution < 1.29 is 14.3 Å². The van der Waals surface area contributed by atoms with Crippen molar-refractivity contribution in [3.8, 4) is 0 Å². The zero-order chi connectivity index (χ0) is 13.4. The summed E-state index contributed by atoms with van der Waals surface area (Å²) in [6.45, 7) is 2.73. The Hall–Kier alpha value is -1.47. The summed E-state index contributed by atoms with van der Waals surface area (Å²) in [5, 5.41) is 7.82. The first-order chi connectivity index (χ1) is 8.65. The topological polar surface area (TPSA) is 80.3 Å². The zero-order valence-electron chi connectivity index (χ0n) is 10.5. The van der Waals surface area contributed by atoms with E-state index in [-0.39, 0.29) is 18.3 Å². The van der Waals surface area contributed by atoms with Crippen LogP contribution in [-0.2, 0) is 20.7 Å². The molecule has 1 heterocycles. The van der Waals surface area contributed by atoms with E-state index < -0.39 is 0 Å². The van der Waals surface area contributed by atoms with Gasteiger partial charge in [-0.15, -0.1) is 11.3 Å². The predicted octanol–water partition coefficient (Wildman–Crippen LogP) is 0.797. The molecule has 1 amide bonds. The molecule has 0 aromatic carbocycles. The van der Waals surface area contributed by atoms with Gasteiger partial charge in [0.1, 0.15) is 0 Å². The molecule has 0 bridgehead atoms. The zero-order valence-corrected chi connectivity index (χ0v) is 11.3. The number of thiazole rings is 1. The van der Waals surface area contributed by atoms with Crippen LogP contribution in [0.25, 0.3) is 0 Å². The number of hydrogen-bond acceptors (Lipinski definition) is 6. The van der Waals surface area contributed by atoms with Crippen LogP contribution >= 0.6 is 11.3 Å². The highest BCUT2D eigenvalue weighted by molar-refractivity contribution is 7.13. The molecule has 0 radical (unpaired) electrons. The summed E-state index contributed by atoms with van der Waals surface area (Å²) >= 11 is 1.30. The summed E-state index contributed by atoms with van der Waals surface area (Å²) in [6.07, 6.45) is 0.528. The lowest BCUT2D eigenvalue weighted by Gasteiger charge is -2.00. The molecule has 0 atom stereocenters. The molecule has 0 spiro atoms. The van der Waals surface area contributed by atoms with Gasteiger partial charge in [0.05, 0.1) is 18.7 Å². The molecule has 2 N–H and O–H groups in total. The van der Waals surface area contributed by atoms with E-state index in [0.717, 1.165) is 0 Å². The monoisotopic (exact) mass is 271 g/mol. The third kappa shape index (κ3) is 5.24. The molecule has 1 rings (SSSR count). The summed E-state index contributed by atoms with van der Waals surface area (Å²) in [7, 11) is 1.79. The first kappa shape index (κ1) is 14.6. The summed E-state index contributed by atoms with van der Waals surface area (Å²) < 4.78 is 4.82. The van der Waals surface area contributed by atoms with Gasteiger partial charge >= 0.3 is 5.97 Å². The van der Waals surface area contributed by atoms with Crippen molar-refractivity contribution >= 4 is 28.3 Å². The van der Waals surface area contributed by atoms with Crippen LogP contribution < -0.4 is 10.6 Å².